The van der Waals surface area contributed by atoms with E-state index in [0.29, 0.717) is 30.7 Å². The summed E-state index contributed by atoms with van der Waals surface area (Å²) in [7, 11) is 0. The van der Waals surface area contributed by atoms with E-state index in [9.17, 15) is 22.7 Å². The Morgan fingerprint density at radius 1 is 0.677 bits per heavy atom. The zero-order chi connectivity index (χ0) is 22.0. The Labute approximate surface area is 182 Å². The standard InChI is InChI=1S/C25H34F4O2/c26-23-14-13-22(15-24(23)27)31-25(28,29)20-9-5-18(6-10-20)16-1-3-17(4-2-16)19-7-11-21(30)12-8-19/h13-21,30H,1-12H2. The number of hydrogen-bond acceptors (Lipinski definition) is 2. The molecule has 6 heteroatoms. The highest BCUT2D eigenvalue weighted by atomic mass is 19.3. The number of alkyl halides is 2. The Morgan fingerprint density at radius 3 is 1.61 bits per heavy atom. The molecule has 3 aliphatic carbocycles. The molecule has 0 amide bonds. The number of hydrogen-bond donors (Lipinski definition) is 1. The summed E-state index contributed by atoms with van der Waals surface area (Å²) < 4.78 is 60.4. The molecule has 0 atom stereocenters. The average molecular weight is 443 g/mol. The van der Waals surface area contributed by atoms with Gasteiger partial charge in [0.15, 0.2) is 11.6 Å². The largest absolute Gasteiger partial charge is 0.432 e. The summed E-state index contributed by atoms with van der Waals surface area (Å²) in [6, 6.07) is 2.53. The maximum Gasteiger partial charge on any atom is 0.400 e. The molecule has 4 rings (SSSR count). The second-order valence-electron chi connectivity index (χ2n) is 10.1. The lowest BCUT2D eigenvalue weighted by Crippen LogP contribution is -2.38. The first kappa shape index (κ1) is 22.9. The van der Waals surface area contributed by atoms with Crippen molar-refractivity contribution in [3.63, 3.8) is 0 Å². The van der Waals surface area contributed by atoms with Gasteiger partial charge in [0.2, 0.25) is 0 Å². The third-order valence-corrected chi connectivity index (χ3v) is 8.28. The Balaban J connectivity index is 1.23. The fourth-order valence-corrected chi connectivity index (χ4v) is 6.37. The molecule has 3 fully saturated rings. The molecule has 0 aliphatic heterocycles. The number of benzene rings is 1. The highest BCUT2D eigenvalue weighted by Crippen LogP contribution is 2.47. The van der Waals surface area contributed by atoms with E-state index in [1.165, 1.54) is 25.7 Å². The topological polar surface area (TPSA) is 29.5 Å². The molecule has 3 aliphatic rings. The molecule has 3 saturated carbocycles. The van der Waals surface area contributed by atoms with Gasteiger partial charge < -0.3 is 9.84 Å². The summed E-state index contributed by atoms with van der Waals surface area (Å²) in [6.07, 6.45) is 7.94. The zero-order valence-electron chi connectivity index (χ0n) is 18.0. The van der Waals surface area contributed by atoms with Crippen molar-refractivity contribution in [2.45, 2.75) is 89.3 Å². The van der Waals surface area contributed by atoms with Crippen LogP contribution < -0.4 is 4.74 Å². The van der Waals surface area contributed by atoms with Gasteiger partial charge >= 0.3 is 6.11 Å². The van der Waals surface area contributed by atoms with Crippen molar-refractivity contribution in [2.75, 3.05) is 0 Å². The molecule has 174 valence electrons. The van der Waals surface area contributed by atoms with E-state index in [1.54, 1.807) is 0 Å². The van der Waals surface area contributed by atoms with E-state index < -0.39 is 23.7 Å². The van der Waals surface area contributed by atoms with Crippen LogP contribution in [0.2, 0.25) is 0 Å². The van der Waals surface area contributed by atoms with E-state index in [4.69, 9.17) is 4.74 Å². The van der Waals surface area contributed by atoms with Crippen LogP contribution in [0.25, 0.3) is 0 Å². The summed E-state index contributed by atoms with van der Waals surface area (Å²) in [5.74, 6) is -0.817. The SMILES string of the molecule is OC1CCC(C2CCC(C3CCC(C(F)(F)Oc4ccc(F)c(F)c4)CC3)CC2)CC1. The fourth-order valence-electron chi connectivity index (χ4n) is 6.37. The smallest absolute Gasteiger partial charge is 0.400 e. The van der Waals surface area contributed by atoms with Crippen LogP contribution in [0.1, 0.15) is 77.0 Å². The van der Waals surface area contributed by atoms with Gasteiger partial charge in [0.05, 0.1) is 12.0 Å². The van der Waals surface area contributed by atoms with E-state index in [0.717, 1.165) is 62.5 Å². The number of aliphatic hydroxyl groups excluding tert-OH is 1. The van der Waals surface area contributed by atoms with Crippen molar-refractivity contribution in [3.05, 3.63) is 29.8 Å². The van der Waals surface area contributed by atoms with Gasteiger partial charge in [-0.3, -0.25) is 0 Å². The lowest BCUT2D eigenvalue weighted by Gasteiger charge is -2.41. The fraction of sp³-hybridized carbons (Fsp3) is 0.760. The molecule has 1 aromatic carbocycles. The highest BCUT2D eigenvalue weighted by molar-refractivity contribution is 5.24. The van der Waals surface area contributed by atoms with E-state index in [2.05, 4.69) is 0 Å². The molecule has 0 saturated heterocycles. The number of ether oxygens (including phenoxy) is 1. The molecule has 0 spiro atoms. The van der Waals surface area contributed by atoms with Gasteiger partial charge in [-0.1, -0.05) is 0 Å². The maximum atomic E-state index is 14.6. The second-order valence-corrected chi connectivity index (χ2v) is 10.1. The third kappa shape index (κ3) is 5.55. The van der Waals surface area contributed by atoms with Gasteiger partial charge in [-0.2, -0.15) is 8.78 Å². The summed E-state index contributed by atoms with van der Waals surface area (Å²) in [5.41, 5.74) is 0. The Morgan fingerprint density at radius 2 is 1.13 bits per heavy atom. The van der Waals surface area contributed by atoms with Gasteiger partial charge in [0, 0.05) is 6.07 Å². The van der Waals surface area contributed by atoms with Crippen molar-refractivity contribution in [2.24, 2.45) is 29.6 Å². The van der Waals surface area contributed by atoms with Gasteiger partial charge in [-0.05, 0) is 113 Å². The van der Waals surface area contributed by atoms with Crippen LogP contribution in [-0.4, -0.2) is 17.3 Å². The van der Waals surface area contributed by atoms with Gasteiger partial charge in [-0.25, -0.2) is 8.78 Å². The Bertz CT molecular complexity index is 716. The molecule has 0 bridgehead atoms. The molecule has 31 heavy (non-hydrogen) atoms. The Hall–Kier alpha value is -1.30. The van der Waals surface area contributed by atoms with Crippen molar-refractivity contribution in [1.29, 1.82) is 0 Å². The lowest BCUT2D eigenvalue weighted by molar-refractivity contribution is -0.224. The van der Waals surface area contributed by atoms with Crippen molar-refractivity contribution in [1.82, 2.24) is 0 Å². The minimum atomic E-state index is -3.38. The quantitative estimate of drug-likeness (QED) is 0.493. The van der Waals surface area contributed by atoms with E-state index in [-0.39, 0.29) is 11.9 Å². The minimum absolute atomic E-state index is 0.105. The lowest BCUT2D eigenvalue weighted by atomic mass is 9.65. The van der Waals surface area contributed by atoms with E-state index in [1.807, 2.05) is 0 Å². The Kier molecular flexibility index (Phi) is 7.14. The molecule has 2 nitrogen and oxygen atoms in total. The van der Waals surface area contributed by atoms with Crippen LogP contribution in [0, 0.1) is 41.2 Å². The maximum absolute atomic E-state index is 14.6. The van der Waals surface area contributed by atoms with Crippen molar-refractivity contribution >= 4 is 0 Å². The number of halogens is 4. The average Bonchev–Trinajstić information content (AvgIpc) is 2.77. The first-order valence-corrected chi connectivity index (χ1v) is 12.0. The van der Waals surface area contributed by atoms with Crippen molar-refractivity contribution in [3.8, 4) is 5.75 Å². The molecule has 1 N–H and O–H groups in total. The van der Waals surface area contributed by atoms with Crippen molar-refractivity contribution < 1.29 is 27.4 Å². The predicted octanol–water partition coefficient (Wildman–Crippen LogP) is 7.10. The molecular weight excluding hydrogens is 408 g/mol. The predicted molar refractivity (Wildman–Crippen MR) is 111 cm³/mol. The van der Waals surface area contributed by atoms with Gasteiger partial charge in [-0.15, -0.1) is 0 Å². The molecule has 0 radical (unpaired) electrons. The van der Waals surface area contributed by atoms with Gasteiger partial charge in [0.1, 0.15) is 5.75 Å². The van der Waals surface area contributed by atoms with E-state index >= 15 is 0 Å². The van der Waals surface area contributed by atoms with Gasteiger partial charge in [0.25, 0.3) is 0 Å². The third-order valence-electron chi connectivity index (χ3n) is 8.28. The second kappa shape index (κ2) is 9.68. The first-order chi connectivity index (χ1) is 14.8. The van der Waals surface area contributed by atoms with Crippen LogP contribution in [-0.2, 0) is 0 Å². The first-order valence-electron chi connectivity index (χ1n) is 12.0. The number of aliphatic hydroxyl groups is 1. The molecule has 0 aromatic heterocycles. The molecule has 1 aromatic rings. The van der Waals surface area contributed by atoms with Crippen LogP contribution in [0.5, 0.6) is 5.75 Å². The van der Waals surface area contributed by atoms with Crippen LogP contribution in [0.3, 0.4) is 0 Å². The summed E-state index contributed by atoms with van der Waals surface area (Å²) in [6.45, 7) is 0. The normalized spacial score (nSPS) is 35.0. The van der Waals surface area contributed by atoms with Crippen LogP contribution in [0.15, 0.2) is 18.2 Å². The highest BCUT2D eigenvalue weighted by Gasteiger charge is 2.45. The molecule has 0 unspecified atom stereocenters. The zero-order valence-corrected chi connectivity index (χ0v) is 18.0. The summed E-state index contributed by atoms with van der Waals surface area (Å²) in [5, 5.41) is 9.73. The van der Waals surface area contributed by atoms with Crippen LogP contribution >= 0.6 is 0 Å². The minimum Gasteiger partial charge on any atom is -0.432 e. The monoisotopic (exact) mass is 442 g/mol. The van der Waals surface area contributed by atoms with Crippen LogP contribution in [0.4, 0.5) is 17.6 Å². The molecular formula is C25H34F4O2. The summed E-state index contributed by atoms with van der Waals surface area (Å²) >= 11 is 0. The molecule has 0 heterocycles. The summed E-state index contributed by atoms with van der Waals surface area (Å²) in [4.78, 5) is 0. The number of rotatable bonds is 5.